The van der Waals surface area contributed by atoms with Crippen molar-refractivity contribution < 1.29 is 22.4 Å². The third kappa shape index (κ3) is 5.11. The molecule has 4 rings (SSSR count). The third-order valence-corrected chi connectivity index (χ3v) is 5.18. The minimum Gasteiger partial charge on any atom is -0.421 e. The zero-order valence-corrected chi connectivity index (χ0v) is 17.9. The maximum absolute atomic E-state index is 12.9. The molecule has 0 radical (unpaired) electrons. The van der Waals surface area contributed by atoms with Crippen LogP contribution in [-0.2, 0) is 12.7 Å². The Bertz CT molecular complexity index is 1300. The first kappa shape index (κ1) is 22.3. The number of hydrogen-bond acceptors (Lipinski definition) is 4. The summed E-state index contributed by atoms with van der Waals surface area (Å²) in [6.07, 6.45) is -4.42. The highest BCUT2D eigenvalue weighted by atomic mass is 19.4. The van der Waals surface area contributed by atoms with Gasteiger partial charge in [-0.2, -0.15) is 13.2 Å². The maximum Gasteiger partial charge on any atom is 0.416 e. The number of benzene rings is 3. The molecule has 3 aromatic carbocycles. The molecular formula is C25H20F3N3O2. The second-order valence-corrected chi connectivity index (χ2v) is 7.61. The number of carbonyl (C=O) groups is 1. The summed E-state index contributed by atoms with van der Waals surface area (Å²) < 4.78 is 44.1. The molecule has 1 amide bonds. The number of hydrogen-bond donors (Lipinski definition) is 1. The fourth-order valence-corrected chi connectivity index (χ4v) is 3.42. The smallest absolute Gasteiger partial charge is 0.416 e. The van der Waals surface area contributed by atoms with Crippen molar-refractivity contribution in [1.29, 1.82) is 0 Å². The minimum atomic E-state index is -4.42. The Morgan fingerprint density at radius 2 is 1.67 bits per heavy atom. The van der Waals surface area contributed by atoms with Crippen LogP contribution in [0, 0.1) is 13.8 Å². The van der Waals surface area contributed by atoms with Crippen LogP contribution in [-0.4, -0.2) is 16.1 Å². The van der Waals surface area contributed by atoms with Gasteiger partial charge in [-0.1, -0.05) is 30.3 Å². The van der Waals surface area contributed by atoms with Crippen LogP contribution in [0.3, 0.4) is 0 Å². The standard InChI is InChI=1S/C25H20F3N3O2/c1-15-6-7-20(24-31-30-16(2)33-24)13-22(15)18-8-10-19(11-9-18)23(32)29-14-17-4-3-5-21(12-17)25(26,27)28/h3-13H,14H2,1-2H3,(H,29,32). The minimum absolute atomic E-state index is 0.00470. The molecule has 0 spiro atoms. The van der Waals surface area contributed by atoms with E-state index in [0.717, 1.165) is 34.4 Å². The summed E-state index contributed by atoms with van der Waals surface area (Å²) in [5.74, 6) is 0.540. The van der Waals surface area contributed by atoms with E-state index in [2.05, 4.69) is 15.5 Å². The van der Waals surface area contributed by atoms with Gasteiger partial charge in [0.2, 0.25) is 11.8 Å². The van der Waals surface area contributed by atoms with Gasteiger partial charge < -0.3 is 9.73 Å². The van der Waals surface area contributed by atoms with Gasteiger partial charge in [-0.15, -0.1) is 10.2 Å². The van der Waals surface area contributed by atoms with Gasteiger partial charge in [0.15, 0.2) is 0 Å². The maximum atomic E-state index is 12.9. The number of aryl methyl sites for hydroxylation is 2. The Hall–Kier alpha value is -3.94. The van der Waals surface area contributed by atoms with Crippen LogP contribution in [0.15, 0.2) is 71.1 Å². The number of rotatable bonds is 5. The Morgan fingerprint density at radius 3 is 2.33 bits per heavy atom. The van der Waals surface area contributed by atoms with Crippen molar-refractivity contribution in [3.8, 4) is 22.6 Å². The van der Waals surface area contributed by atoms with Crippen molar-refractivity contribution >= 4 is 5.91 Å². The molecule has 0 bridgehead atoms. The fraction of sp³-hybridized carbons (Fsp3) is 0.160. The first-order chi connectivity index (χ1) is 15.7. The molecule has 0 atom stereocenters. The Labute approximate surface area is 188 Å². The van der Waals surface area contributed by atoms with E-state index in [1.54, 1.807) is 25.1 Å². The van der Waals surface area contributed by atoms with Gasteiger partial charge in [-0.05, 0) is 65.6 Å². The fourth-order valence-electron chi connectivity index (χ4n) is 3.42. The summed E-state index contributed by atoms with van der Waals surface area (Å²) in [6, 6.07) is 17.7. The molecule has 0 fully saturated rings. The van der Waals surface area contributed by atoms with Crippen LogP contribution in [0.4, 0.5) is 13.2 Å². The summed E-state index contributed by atoms with van der Waals surface area (Å²) in [7, 11) is 0. The average Bonchev–Trinajstić information content (AvgIpc) is 3.24. The molecule has 0 saturated carbocycles. The van der Waals surface area contributed by atoms with Crippen molar-refractivity contribution in [2.45, 2.75) is 26.6 Å². The quantitative estimate of drug-likeness (QED) is 0.406. The SMILES string of the molecule is Cc1nnc(-c2ccc(C)c(-c3ccc(C(=O)NCc4cccc(C(F)(F)F)c4)cc3)c2)o1. The first-order valence-corrected chi connectivity index (χ1v) is 10.2. The molecule has 0 aliphatic rings. The summed E-state index contributed by atoms with van der Waals surface area (Å²) in [5.41, 5.74) is 3.73. The summed E-state index contributed by atoms with van der Waals surface area (Å²) in [4.78, 5) is 12.5. The van der Waals surface area contributed by atoms with Gasteiger partial charge in [-0.3, -0.25) is 4.79 Å². The molecule has 4 aromatic rings. The van der Waals surface area contributed by atoms with Crippen LogP contribution in [0.5, 0.6) is 0 Å². The predicted octanol–water partition coefficient (Wildman–Crippen LogP) is 5.97. The van der Waals surface area contributed by atoms with Crippen molar-refractivity contribution in [3.63, 3.8) is 0 Å². The van der Waals surface area contributed by atoms with E-state index in [0.29, 0.717) is 22.9 Å². The average molecular weight is 451 g/mol. The van der Waals surface area contributed by atoms with Crippen molar-refractivity contribution in [3.05, 3.63) is 94.9 Å². The van der Waals surface area contributed by atoms with Crippen molar-refractivity contribution in [1.82, 2.24) is 15.5 Å². The van der Waals surface area contributed by atoms with E-state index in [9.17, 15) is 18.0 Å². The van der Waals surface area contributed by atoms with E-state index in [1.807, 2.05) is 37.3 Å². The Balaban J connectivity index is 1.48. The molecule has 0 saturated heterocycles. The van der Waals surface area contributed by atoms with Crippen molar-refractivity contribution in [2.75, 3.05) is 0 Å². The molecule has 5 nitrogen and oxygen atoms in total. The lowest BCUT2D eigenvalue weighted by atomic mass is 9.97. The lowest BCUT2D eigenvalue weighted by Crippen LogP contribution is -2.23. The molecule has 33 heavy (non-hydrogen) atoms. The lowest BCUT2D eigenvalue weighted by molar-refractivity contribution is -0.137. The topological polar surface area (TPSA) is 68.0 Å². The zero-order chi connectivity index (χ0) is 23.6. The van der Waals surface area contributed by atoms with Crippen LogP contribution < -0.4 is 5.32 Å². The molecule has 8 heteroatoms. The number of nitrogens with zero attached hydrogens (tertiary/aromatic N) is 2. The highest BCUT2D eigenvalue weighted by Crippen LogP contribution is 2.30. The van der Waals surface area contributed by atoms with Crippen molar-refractivity contribution in [2.24, 2.45) is 0 Å². The second kappa shape index (κ2) is 8.90. The summed E-state index contributed by atoms with van der Waals surface area (Å²) in [5, 5.41) is 10.6. The number of halogens is 3. The Kier molecular flexibility index (Phi) is 6.00. The zero-order valence-electron chi connectivity index (χ0n) is 17.9. The molecule has 0 aliphatic heterocycles. The number of carbonyl (C=O) groups excluding carboxylic acids is 1. The molecule has 1 N–H and O–H groups in total. The normalized spacial score (nSPS) is 11.4. The predicted molar refractivity (Wildman–Crippen MR) is 117 cm³/mol. The van der Waals surface area contributed by atoms with E-state index < -0.39 is 11.7 Å². The molecule has 0 aliphatic carbocycles. The van der Waals surface area contributed by atoms with Crippen LogP contribution in [0.2, 0.25) is 0 Å². The molecule has 1 aromatic heterocycles. The summed E-state index contributed by atoms with van der Waals surface area (Å²) in [6.45, 7) is 3.70. The summed E-state index contributed by atoms with van der Waals surface area (Å²) >= 11 is 0. The van der Waals surface area contributed by atoms with E-state index in [-0.39, 0.29) is 12.5 Å². The van der Waals surface area contributed by atoms with Crippen LogP contribution in [0.25, 0.3) is 22.6 Å². The highest BCUT2D eigenvalue weighted by molar-refractivity contribution is 5.94. The van der Waals surface area contributed by atoms with Gasteiger partial charge in [0.25, 0.3) is 5.91 Å². The second-order valence-electron chi connectivity index (χ2n) is 7.61. The number of aromatic nitrogens is 2. The largest absolute Gasteiger partial charge is 0.421 e. The van der Waals surface area contributed by atoms with Gasteiger partial charge in [0, 0.05) is 24.6 Å². The van der Waals surface area contributed by atoms with Gasteiger partial charge in [-0.25, -0.2) is 0 Å². The lowest BCUT2D eigenvalue weighted by Gasteiger charge is -2.11. The molecular weight excluding hydrogens is 431 g/mol. The Morgan fingerprint density at radius 1 is 0.939 bits per heavy atom. The highest BCUT2D eigenvalue weighted by Gasteiger charge is 2.30. The van der Waals surface area contributed by atoms with Crippen LogP contribution >= 0.6 is 0 Å². The van der Waals surface area contributed by atoms with E-state index in [4.69, 9.17) is 4.42 Å². The van der Waals surface area contributed by atoms with Gasteiger partial charge in [0.05, 0.1) is 5.56 Å². The number of nitrogens with one attached hydrogen (secondary N) is 1. The van der Waals surface area contributed by atoms with Gasteiger partial charge >= 0.3 is 6.18 Å². The van der Waals surface area contributed by atoms with E-state index in [1.165, 1.54) is 6.07 Å². The van der Waals surface area contributed by atoms with Crippen LogP contribution in [0.1, 0.15) is 32.9 Å². The monoisotopic (exact) mass is 451 g/mol. The number of alkyl halides is 3. The van der Waals surface area contributed by atoms with Gasteiger partial charge in [0.1, 0.15) is 0 Å². The van der Waals surface area contributed by atoms with E-state index >= 15 is 0 Å². The first-order valence-electron chi connectivity index (χ1n) is 10.2. The molecule has 168 valence electrons. The number of amides is 1. The molecule has 0 unspecified atom stereocenters. The molecule has 1 heterocycles. The third-order valence-electron chi connectivity index (χ3n) is 5.18.